The van der Waals surface area contributed by atoms with E-state index in [1.807, 2.05) is 36.0 Å². The monoisotopic (exact) mass is 329 g/mol. The first-order valence-electron chi connectivity index (χ1n) is 6.42. The van der Waals surface area contributed by atoms with Crippen LogP contribution in [0, 0.1) is 0 Å². The molecule has 1 aliphatic carbocycles. The Hall–Kier alpha value is -0.190. The van der Waals surface area contributed by atoms with Crippen molar-refractivity contribution in [3.8, 4) is 5.75 Å². The first-order chi connectivity index (χ1) is 8.78. The molecule has 18 heavy (non-hydrogen) atoms. The summed E-state index contributed by atoms with van der Waals surface area (Å²) in [6.07, 6.45) is 6.18. The largest absolute Gasteiger partial charge is 0.492 e. The van der Waals surface area contributed by atoms with Gasteiger partial charge in [0, 0.05) is 22.3 Å². The van der Waals surface area contributed by atoms with Gasteiger partial charge in [-0.05, 0) is 43.7 Å². The summed E-state index contributed by atoms with van der Waals surface area (Å²) in [5.41, 5.74) is 0. The number of hydrogen-bond donors (Lipinski definition) is 1. The van der Waals surface area contributed by atoms with Gasteiger partial charge in [-0.25, -0.2) is 0 Å². The minimum atomic E-state index is 0.688. The molecule has 1 aliphatic rings. The highest BCUT2D eigenvalue weighted by atomic mass is 79.9. The molecule has 0 spiro atoms. The van der Waals surface area contributed by atoms with Gasteiger partial charge in [-0.1, -0.05) is 22.0 Å². The van der Waals surface area contributed by atoms with Crippen molar-refractivity contribution in [2.24, 2.45) is 0 Å². The minimum Gasteiger partial charge on any atom is -0.492 e. The molecule has 1 N–H and O–H groups in total. The Morgan fingerprint density at radius 1 is 1.44 bits per heavy atom. The molecule has 4 heteroatoms. The topological polar surface area (TPSA) is 21.3 Å². The van der Waals surface area contributed by atoms with Gasteiger partial charge < -0.3 is 10.1 Å². The van der Waals surface area contributed by atoms with Crippen molar-refractivity contribution < 1.29 is 4.74 Å². The summed E-state index contributed by atoms with van der Waals surface area (Å²) < 4.78 is 6.76. The Balaban J connectivity index is 1.62. The number of hydrogen-bond acceptors (Lipinski definition) is 3. The zero-order chi connectivity index (χ0) is 12.8. The van der Waals surface area contributed by atoms with E-state index in [0.717, 1.165) is 28.6 Å². The predicted octanol–water partition coefficient (Wildman–Crippen LogP) is 3.70. The molecule has 2 atom stereocenters. The highest BCUT2D eigenvalue weighted by Crippen LogP contribution is 2.27. The smallest absolute Gasteiger partial charge is 0.120 e. The summed E-state index contributed by atoms with van der Waals surface area (Å²) in [6, 6.07) is 8.68. The molecule has 1 fully saturated rings. The zero-order valence-electron chi connectivity index (χ0n) is 10.7. The molecule has 0 amide bonds. The van der Waals surface area contributed by atoms with E-state index in [4.69, 9.17) is 4.74 Å². The van der Waals surface area contributed by atoms with E-state index >= 15 is 0 Å². The van der Waals surface area contributed by atoms with Crippen LogP contribution < -0.4 is 10.1 Å². The number of nitrogens with one attached hydrogen (secondary N) is 1. The van der Waals surface area contributed by atoms with Crippen LogP contribution >= 0.6 is 27.7 Å². The molecule has 1 aromatic carbocycles. The summed E-state index contributed by atoms with van der Waals surface area (Å²) in [5, 5.41) is 4.44. The first-order valence-corrected chi connectivity index (χ1v) is 8.50. The van der Waals surface area contributed by atoms with E-state index in [1.165, 1.54) is 19.3 Å². The van der Waals surface area contributed by atoms with Crippen molar-refractivity contribution >= 4 is 27.7 Å². The van der Waals surface area contributed by atoms with Crippen LogP contribution in [0.5, 0.6) is 5.75 Å². The number of thioether (sulfide) groups is 1. The Labute approximate surface area is 122 Å². The summed E-state index contributed by atoms with van der Waals surface area (Å²) in [6.45, 7) is 1.66. The van der Waals surface area contributed by atoms with E-state index in [0.29, 0.717) is 6.04 Å². The Morgan fingerprint density at radius 2 is 2.33 bits per heavy atom. The third kappa shape index (κ3) is 4.48. The Bertz CT molecular complexity index is 375. The molecule has 0 aliphatic heterocycles. The van der Waals surface area contributed by atoms with Gasteiger partial charge in [0.05, 0.1) is 0 Å². The van der Waals surface area contributed by atoms with Gasteiger partial charge in [-0.3, -0.25) is 0 Å². The number of ether oxygens (including phenoxy) is 1. The lowest BCUT2D eigenvalue weighted by Crippen LogP contribution is -2.30. The minimum absolute atomic E-state index is 0.688. The average molecular weight is 330 g/mol. The first kappa shape index (κ1) is 14.2. The zero-order valence-corrected chi connectivity index (χ0v) is 13.1. The van der Waals surface area contributed by atoms with E-state index in [2.05, 4.69) is 27.5 Å². The van der Waals surface area contributed by atoms with Crippen molar-refractivity contribution in [1.82, 2.24) is 5.32 Å². The van der Waals surface area contributed by atoms with Gasteiger partial charge in [0.1, 0.15) is 12.4 Å². The van der Waals surface area contributed by atoms with Gasteiger partial charge in [-0.2, -0.15) is 11.8 Å². The highest BCUT2D eigenvalue weighted by molar-refractivity contribution is 9.10. The molecule has 2 unspecified atom stereocenters. The van der Waals surface area contributed by atoms with E-state index in [-0.39, 0.29) is 0 Å². The van der Waals surface area contributed by atoms with E-state index in [1.54, 1.807) is 0 Å². The van der Waals surface area contributed by atoms with Crippen LogP contribution in [0.3, 0.4) is 0 Å². The fourth-order valence-corrected chi connectivity index (χ4v) is 3.50. The van der Waals surface area contributed by atoms with Gasteiger partial charge in [0.15, 0.2) is 0 Å². The van der Waals surface area contributed by atoms with Crippen molar-refractivity contribution in [2.75, 3.05) is 19.4 Å². The van der Waals surface area contributed by atoms with Crippen molar-refractivity contribution in [3.05, 3.63) is 28.7 Å². The summed E-state index contributed by atoms with van der Waals surface area (Å²) in [5.74, 6) is 0.930. The summed E-state index contributed by atoms with van der Waals surface area (Å²) in [7, 11) is 0. The van der Waals surface area contributed by atoms with Crippen LogP contribution in [-0.4, -0.2) is 30.7 Å². The lowest BCUT2D eigenvalue weighted by atomic mass is 10.2. The summed E-state index contributed by atoms with van der Waals surface area (Å²) in [4.78, 5) is 0. The van der Waals surface area contributed by atoms with Crippen molar-refractivity contribution in [3.63, 3.8) is 0 Å². The molecule has 0 saturated heterocycles. The maximum absolute atomic E-state index is 5.70. The standard InChI is InChI=1S/C14H20BrNOS/c1-18-14-6-5-12(10-14)16-7-8-17-13-4-2-3-11(15)9-13/h2-4,9,12,14,16H,5-8,10H2,1H3. The molecule has 0 aromatic heterocycles. The molecule has 1 aromatic rings. The van der Waals surface area contributed by atoms with Gasteiger partial charge in [-0.15, -0.1) is 0 Å². The maximum atomic E-state index is 5.70. The normalized spacial score (nSPS) is 23.2. The van der Waals surface area contributed by atoms with Gasteiger partial charge >= 0.3 is 0 Å². The SMILES string of the molecule is CSC1CCC(NCCOc2cccc(Br)c2)C1. The lowest BCUT2D eigenvalue weighted by Gasteiger charge is -2.13. The fraction of sp³-hybridized carbons (Fsp3) is 0.571. The van der Waals surface area contributed by atoms with Crippen LogP contribution in [0.4, 0.5) is 0 Å². The average Bonchev–Trinajstić information content (AvgIpc) is 2.83. The molecular formula is C14H20BrNOS. The molecule has 2 nitrogen and oxygen atoms in total. The highest BCUT2D eigenvalue weighted by Gasteiger charge is 2.22. The molecule has 1 saturated carbocycles. The van der Waals surface area contributed by atoms with Crippen LogP contribution in [0.1, 0.15) is 19.3 Å². The number of rotatable bonds is 6. The number of benzene rings is 1. The Morgan fingerprint density at radius 3 is 3.06 bits per heavy atom. The fourth-order valence-electron chi connectivity index (χ4n) is 2.33. The van der Waals surface area contributed by atoms with Crippen molar-refractivity contribution in [2.45, 2.75) is 30.6 Å². The number of halogens is 1. The van der Waals surface area contributed by atoms with E-state index < -0.39 is 0 Å². The van der Waals surface area contributed by atoms with E-state index in [9.17, 15) is 0 Å². The lowest BCUT2D eigenvalue weighted by molar-refractivity contribution is 0.305. The maximum Gasteiger partial charge on any atom is 0.120 e. The van der Waals surface area contributed by atoms with Gasteiger partial charge in [0.2, 0.25) is 0 Å². The second kappa shape index (κ2) is 7.41. The second-order valence-corrected chi connectivity index (χ2v) is 6.68. The molecule has 2 rings (SSSR count). The second-order valence-electron chi connectivity index (χ2n) is 4.63. The third-order valence-corrected chi connectivity index (χ3v) is 4.91. The third-order valence-electron chi connectivity index (χ3n) is 3.32. The van der Waals surface area contributed by atoms with Gasteiger partial charge in [0.25, 0.3) is 0 Å². The Kier molecular flexibility index (Phi) is 5.86. The van der Waals surface area contributed by atoms with Crippen LogP contribution in [-0.2, 0) is 0 Å². The molecule has 0 radical (unpaired) electrons. The van der Waals surface area contributed by atoms with Crippen LogP contribution in [0.2, 0.25) is 0 Å². The summed E-state index contributed by atoms with van der Waals surface area (Å²) >= 11 is 5.44. The molecular weight excluding hydrogens is 310 g/mol. The molecule has 0 bridgehead atoms. The quantitative estimate of drug-likeness (QED) is 0.804. The van der Waals surface area contributed by atoms with Crippen LogP contribution in [0.15, 0.2) is 28.7 Å². The van der Waals surface area contributed by atoms with Crippen molar-refractivity contribution in [1.29, 1.82) is 0 Å². The molecule has 0 heterocycles. The van der Waals surface area contributed by atoms with Crippen LogP contribution in [0.25, 0.3) is 0 Å². The predicted molar refractivity (Wildman–Crippen MR) is 82.6 cm³/mol. The molecule has 100 valence electrons.